The summed E-state index contributed by atoms with van der Waals surface area (Å²) in [5, 5.41) is 0. The molecule has 4 nitrogen and oxygen atoms in total. The Balaban J connectivity index is 2.03. The van der Waals surface area contributed by atoms with E-state index < -0.39 is 5.91 Å². The molecule has 0 heterocycles. The van der Waals surface area contributed by atoms with Crippen LogP contribution in [0.2, 0.25) is 0 Å². The molecule has 0 unspecified atom stereocenters. The largest absolute Gasteiger partial charge is 0.491 e. The van der Waals surface area contributed by atoms with Gasteiger partial charge in [-0.3, -0.25) is 4.79 Å². The zero-order chi connectivity index (χ0) is 12.3. The van der Waals surface area contributed by atoms with Crippen LogP contribution in [-0.2, 0) is 0 Å². The van der Waals surface area contributed by atoms with Crippen LogP contribution in [0.4, 0.5) is 5.69 Å². The van der Waals surface area contributed by atoms with Crippen molar-refractivity contribution in [1.82, 2.24) is 0 Å². The zero-order valence-electron chi connectivity index (χ0n) is 9.82. The summed E-state index contributed by atoms with van der Waals surface area (Å²) in [6.45, 7) is 0.673. The first-order chi connectivity index (χ1) is 8.16. The van der Waals surface area contributed by atoms with E-state index >= 15 is 0 Å². The first kappa shape index (κ1) is 11.8. The molecule has 1 fully saturated rings. The maximum Gasteiger partial charge on any atom is 0.248 e. The van der Waals surface area contributed by atoms with Crippen LogP contribution in [0.15, 0.2) is 18.2 Å². The summed E-state index contributed by atoms with van der Waals surface area (Å²) in [5.41, 5.74) is 12.0. The fraction of sp³-hybridized carbons (Fsp3) is 0.462. The summed E-state index contributed by atoms with van der Waals surface area (Å²) in [5.74, 6) is 0.718. The van der Waals surface area contributed by atoms with Crippen LogP contribution >= 0.6 is 0 Å². The number of anilines is 1. The standard InChI is InChI=1S/C13H18N2O2/c14-11-6-5-10(13(15)16)7-12(11)17-8-9-3-1-2-4-9/h5-7,9H,1-4,8,14H2,(H2,15,16). The van der Waals surface area contributed by atoms with E-state index in [1.54, 1.807) is 18.2 Å². The maximum atomic E-state index is 11.1. The van der Waals surface area contributed by atoms with Gasteiger partial charge in [0.05, 0.1) is 12.3 Å². The second-order valence-corrected chi connectivity index (χ2v) is 4.58. The second kappa shape index (κ2) is 5.08. The van der Waals surface area contributed by atoms with Crippen LogP contribution in [0.1, 0.15) is 36.0 Å². The van der Waals surface area contributed by atoms with E-state index in [-0.39, 0.29) is 0 Å². The molecular formula is C13H18N2O2. The van der Waals surface area contributed by atoms with Crippen molar-refractivity contribution in [3.63, 3.8) is 0 Å². The van der Waals surface area contributed by atoms with E-state index in [0.29, 0.717) is 29.5 Å². The first-order valence-corrected chi connectivity index (χ1v) is 5.99. The fourth-order valence-electron chi connectivity index (χ4n) is 2.20. The summed E-state index contributed by atoms with van der Waals surface area (Å²) in [6.07, 6.45) is 5.00. The average Bonchev–Trinajstić information content (AvgIpc) is 2.80. The predicted octanol–water partition coefficient (Wildman–Crippen LogP) is 1.94. The third-order valence-electron chi connectivity index (χ3n) is 3.25. The Morgan fingerprint density at radius 2 is 2.06 bits per heavy atom. The van der Waals surface area contributed by atoms with Gasteiger partial charge in [-0.05, 0) is 37.0 Å². The van der Waals surface area contributed by atoms with Crippen molar-refractivity contribution in [2.45, 2.75) is 25.7 Å². The molecule has 0 saturated heterocycles. The Labute approximate surface area is 101 Å². The second-order valence-electron chi connectivity index (χ2n) is 4.58. The Bertz CT molecular complexity index is 412. The number of primary amides is 1. The highest BCUT2D eigenvalue weighted by Gasteiger charge is 2.16. The highest BCUT2D eigenvalue weighted by atomic mass is 16.5. The van der Waals surface area contributed by atoms with Gasteiger partial charge in [-0.1, -0.05) is 12.8 Å². The van der Waals surface area contributed by atoms with Crippen LogP contribution in [0.3, 0.4) is 0 Å². The van der Waals surface area contributed by atoms with Crippen molar-refractivity contribution in [2.24, 2.45) is 11.7 Å². The number of hydrogen-bond donors (Lipinski definition) is 2. The SMILES string of the molecule is NC(=O)c1ccc(N)c(OCC2CCCC2)c1. The summed E-state index contributed by atoms with van der Waals surface area (Å²) in [6, 6.07) is 4.89. The Morgan fingerprint density at radius 3 is 2.71 bits per heavy atom. The van der Waals surface area contributed by atoms with Crippen molar-refractivity contribution in [2.75, 3.05) is 12.3 Å². The highest BCUT2D eigenvalue weighted by Crippen LogP contribution is 2.28. The lowest BCUT2D eigenvalue weighted by atomic mass is 10.1. The number of carbonyl (C=O) groups is 1. The lowest BCUT2D eigenvalue weighted by Crippen LogP contribution is -2.13. The van der Waals surface area contributed by atoms with E-state index in [1.165, 1.54) is 25.7 Å². The molecule has 2 rings (SSSR count). The Hall–Kier alpha value is -1.71. The molecule has 0 bridgehead atoms. The number of nitrogen functional groups attached to an aromatic ring is 1. The molecule has 92 valence electrons. The molecule has 17 heavy (non-hydrogen) atoms. The number of nitrogens with two attached hydrogens (primary N) is 2. The van der Waals surface area contributed by atoms with E-state index in [2.05, 4.69) is 0 Å². The van der Waals surface area contributed by atoms with Gasteiger partial charge in [-0.15, -0.1) is 0 Å². The summed E-state index contributed by atoms with van der Waals surface area (Å²) < 4.78 is 5.68. The quantitative estimate of drug-likeness (QED) is 0.781. The van der Waals surface area contributed by atoms with E-state index in [4.69, 9.17) is 16.2 Å². The van der Waals surface area contributed by atoms with E-state index in [1.807, 2.05) is 0 Å². The van der Waals surface area contributed by atoms with Gasteiger partial charge in [0.1, 0.15) is 5.75 Å². The first-order valence-electron chi connectivity index (χ1n) is 5.99. The third kappa shape index (κ3) is 2.90. The van der Waals surface area contributed by atoms with Crippen molar-refractivity contribution in [3.05, 3.63) is 23.8 Å². The molecule has 1 saturated carbocycles. The van der Waals surface area contributed by atoms with Crippen molar-refractivity contribution in [3.8, 4) is 5.75 Å². The van der Waals surface area contributed by atoms with E-state index in [0.717, 1.165) is 0 Å². The topological polar surface area (TPSA) is 78.3 Å². The molecule has 1 aliphatic rings. The number of amides is 1. The lowest BCUT2D eigenvalue weighted by molar-refractivity contribution is 0.1000. The normalized spacial score (nSPS) is 16.0. The lowest BCUT2D eigenvalue weighted by Gasteiger charge is -2.13. The van der Waals surface area contributed by atoms with Gasteiger partial charge in [0, 0.05) is 5.56 Å². The van der Waals surface area contributed by atoms with Gasteiger partial charge >= 0.3 is 0 Å². The van der Waals surface area contributed by atoms with Crippen LogP contribution < -0.4 is 16.2 Å². The van der Waals surface area contributed by atoms with Crippen molar-refractivity contribution >= 4 is 11.6 Å². The molecule has 0 spiro atoms. The van der Waals surface area contributed by atoms with Gasteiger partial charge in [-0.25, -0.2) is 0 Å². The molecule has 1 amide bonds. The molecule has 1 aromatic rings. The minimum absolute atomic E-state index is 0.431. The number of carbonyl (C=O) groups excluding carboxylic acids is 1. The molecule has 0 aromatic heterocycles. The number of benzene rings is 1. The minimum atomic E-state index is -0.462. The van der Waals surface area contributed by atoms with Gasteiger partial charge in [0.25, 0.3) is 0 Å². The van der Waals surface area contributed by atoms with E-state index in [9.17, 15) is 4.79 Å². The molecule has 0 aliphatic heterocycles. The molecule has 0 atom stereocenters. The smallest absolute Gasteiger partial charge is 0.248 e. The number of hydrogen-bond acceptors (Lipinski definition) is 3. The van der Waals surface area contributed by atoms with Gasteiger partial charge in [0.15, 0.2) is 0 Å². The third-order valence-corrected chi connectivity index (χ3v) is 3.25. The summed E-state index contributed by atoms with van der Waals surface area (Å²) in [7, 11) is 0. The molecular weight excluding hydrogens is 216 g/mol. The van der Waals surface area contributed by atoms with Crippen molar-refractivity contribution < 1.29 is 9.53 Å². The molecule has 1 aliphatic carbocycles. The van der Waals surface area contributed by atoms with Crippen LogP contribution in [0.5, 0.6) is 5.75 Å². The average molecular weight is 234 g/mol. The highest BCUT2D eigenvalue weighted by molar-refractivity contribution is 5.93. The number of rotatable bonds is 4. The number of ether oxygens (including phenoxy) is 1. The molecule has 4 heteroatoms. The maximum absolute atomic E-state index is 11.1. The molecule has 1 aromatic carbocycles. The summed E-state index contributed by atoms with van der Waals surface area (Å²) in [4.78, 5) is 11.1. The van der Waals surface area contributed by atoms with Gasteiger partial charge in [0.2, 0.25) is 5.91 Å². The molecule has 0 radical (unpaired) electrons. The van der Waals surface area contributed by atoms with Crippen LogP contribution in [0, 0.1) is 5.92 Å². The van der Waals surface area contributed by atoms with Gasteiger partial charge in [-0.2, -0.15) is 0 Å². The van der Waals surface area contributed by atoms with Crippen LogP contribution in [0.25, 0.3) is 0 Å². The monoisotopic (exact) mass is 234 g/mol. The fourth-order valence-corrected chi connectivity index (χ4v) is 2.20. The molecule has 4 N–H and O–H groups in total. The minimum Gasteiger partial charge on any atom is -0.491 e. The predicted molar refractivity (Wildman–Crippen MR) is 66.8 cm³/mol. The Morgan fingerprint density at radius 1 is 1.35 bits per heavy atom. The summed E-state index contributed by atoms with van der Waals surface area (Å²) >= 11 is 0. The Kier molecular flexibility index (Phi) is 3.52. The zero-order valence-corrected chi connectivity index (χ0v) is 9.82. The van der Waals surface area contributed by atoms with Gasteiger partial charge < -0.3 is 16.2 Å². The van der Waals surface area contributed by atoms with Crippen molar-refractivity contribution in [1.29, 1.82) is 0 Å². The van der Waals surface area contributed by atoms with Crippen LogP contribution in [-0.4, -0.2) is 12.5 Å².